The number of nitrogens with zero attached hydrogens (tertiary/aromatic N) is 3. The minimum atomic E-state index is -3.06. The highest BCUT2D eigenvalue weighted by Gasteiger charge is 2.35. The van der Waals surface area contributed by atoms with Crippen LogP contribution in [0.4, 0.5) is 0 Å². The highest BCUT2D eigenvalue weighted by Crippen LogP contribution is 2.27. The van der Waals surface area contributed by atoms with Gasteiger partial charge in [0, 0.05) is 38.8 Å². The molecule has 134 valence electrons. The van der Waals surface area contributed by atoms with Crippen molar-refractivity contribution in [2.24, 2.45) is 0 Å². The van der Waals surface area contributed by atoms with Crippen molar-refractivity contribution in [1.82, 2.24) is 14.1 Å². The molecule has 0 amide bonds. The van der Waals surface area contributed by atoms with Crippen LogP contribution in [-0.4, -0.2) is 80.1 Å². The van der Waals surface area contributed by atoms with Crippen LogP contribution in [0, 0.1) is 0 Å². The Hall–Kier alpha value is -0.170. The molecule has 3 rings (SSSR count). The first-order chi connectivity index (χ1) is 11.1. The highest BCUT2D eigenvalue weighted by molar-refractivity contribution is 7.89. The quantitative estimate of drug-likeness (QED) is 0.780. The van der Waals surface area contributed by atoms with E-state index in [1.54, 1.807) is 4.31 Å². The van der Waals surface area contributed by atoms with E-state index in [9.17, 15) is 8.42 Å². The zero-order valence-electron chi connectivity index (χ0n) is 14.6. The van der Waals surface area contributed by atoms with Crippen LogP contribution >= 0.6 is 0 Å². The van der Waals surface area contributed by atoms with Crippen molar-refractivity contribution in [1.29, 1.82) is 0 Å². The topological polar surface area (TPSA) is 43.9 Å². The number of piperazine rings is 1. The highest BCUT2D eigenvalue weighted by atomic mass is 32.2. The number of likely N-dealkylation sites (N-methyl/N-ethyl adjacent to an activating group) is 1. The summed E-state index contributed by atoms with van der Waals surface area (Å²) in [5.41, 5.74) is 0. The summed E-state index contributed by atoms with van der Waals surface area (Å²) >= 11 is 0. The summed E-state index contributed by atoms with van der Waals surface area (Å²) in [7, 11) is -0.826. The van der Waals surface area contributed by atoms with Crippen molar-refractivity contribution in [3.05, 3.63) is 0 Å². The number of likely N-dealkylation sites (tertiary alicyclic amines) is 1. The third kappa shape index (κ3) is 4.27. The zero-order chi connectivity index (χ0) is 16.3. The molecule has 3 fully saturated rings. The molecule has 0 unspecified atom stereocenters. The van der Waals surface area contributed by atoms with Crippen molar-refractivity contribution in [2.45, 2.75) is 62.7 Å². The number of hydrogen-bond acceptors (Lipinski definition) is 4. The standard InChI is InChI=1S/C17H33N3O2S/c1-18-10-6-5-7-16(18)15-19-11-13-20(14-12-19)23(21,22)17-8-3-2-4-9-17/h16-17H,2-15H2,1H3/t16-/m1/s1. The van der Waals surface area contributed by atoms with Gasteiger partial charge in [-0.2, -0.15) is 4.31 Å². The summed E-state index contributed by atoms with van der Waals surface area (Å²) in [6.07, 6.45) is 9.05. The van der Waals surface area contributed by atoms with Crippen molar-refractivity contribution in [3.63, 3.8) is 0 Å². The first kappa shape index (κ1) is 17.6. The van der Waals surface area contributed by atoms with Gasteiger partial charge in [-0.1, -0.05) is 25.7 Å². The Morgan fingerprint density at radius 1 is 0.826 bits per heavy atom. The maximum Gasteiger partial charge on any atom is 0.217 e. The lowest BCUT2D eigenvalue weighted by Crippen LogP contribution is -2.54. The van der Waals surface area contributed by atoms with Gasteiger partial charge in [0.2, 0.25) is 10.0 Å². The maximum absolute atomic E-state index is 12.8. The molecule has 1 atom stereocenters. The Bertz CT molecular complexity index is 468. The second kappa shape index (κ2) is 7.81. The molecule has 0 spiro atoms. The first-order valence-corrected chi connectivity index (χ1v) is 11.0. The van der Waals surface area contributed by atoms with Gasteiger partial charge in [0.05, 0.1) is 5.25 Å². The van der Waals surface area contributed by atoms with Crippen molar-refractivity contribution < 1.29 is 8.42 Å². The molecule has 3 aliphatic rings. The first-order valence-electron chi connectivity index (χ1n) is 9.49. The van der Waals surface area contributed by atoms with Gasteiger partial charge >= 0.3 is 0 Å². The molecule has 0 aromatic heterocycles. The second-order valence-corrected chi connectivity index (χ2v) is 9.85. The van der Waals surface area contributed by atoms with E-state index in [0.29, 0.717) is 19.1 Å². The molecule has 0 bridgehead atoms. The van der Waals surface area contributed by atoms with Gasteiger partial charge in [-0.05, 0) is 39.3 Å². The molecular formula is C17H33N3O2S. The molecule has 2 saturated heterocycles. The second-order valence-electron chi connectivity index (χ2n) is 7.63. The number of piperidine rings is 1. The van der Waals surface area contributed by atoms with E-state index in [2.05, 4.69) is 16.8 Å². The van der Waals surface area contributed by atoms with E-state index < -0.39 is 10.0 Å². The average molecular weight is 344 g/mol. The van der Waals surface area contributed by atoms with Crippen LogP contribution in [-0.2, 0) is 10.0 Å². The molecule has 0 aromatic carbocycles. The van der Waals surface area contributed by atoms with E-state index in [4.69, 9.17) is 0 Å². The summed E-state index contributed by atoms with van der Waals surface area (Å²) in [5.74, 6) is 0. The van der Waals surface area contributed by atoms with Crippen molar-refractivity contribution >= 4 is 10.0 Å². The number of rotatable bonds is 4. The maximum atomic E-state index is 12.8. The minimum absolute atomic E-state index is 0.104. The SMILES string of the molecule is CN1CCCC[C@@H]1CN1CCN(S(=O)(=O)C2CCCCC2)CC1. The van der Waals surface area contributed by atoms with Gasteiger partial charge in [-0.15, -0.1) is 0 Å². The minimum Gasteiger partial charge on any atom is -0.302 e. The Balaban J connectivity index is 1.49. The van der Waals surface area contributed by atoms with Crippen LogP contribution in [0.15, 0.2) is 0 Å². The summed E-state index contributed by atoms with van der Waals surface area (Å²) in [5, 5.41) is -0.104. The van der Waals surface area contributed by atoms with Crippen molar-refractivity contribution in [3.8, 4) is 0 Å². The number of sulfonamides is 1. The predicted octanol–water partition coefficient (Wildman–Crippen LogP) is 1.75. The van der Waals surface area contributed by atoms with Gasteiger partial charge in [0.1, 0.15) is 0 Å². The average Bonchev–Trinajstić information content (AvgIpc) is 2.58. The van der Waals surface area contributed by atoms with E-state index in [0.717, 1.165) is 45.3 Å². The van der Waals surface area contributed by atoms with Gasteiger partial charge < -0.3 is 4.90 Å². The van der Waals surface area contributed by atoms with E-state index in [1.807, 2.05) is 0 Å². The predicted molar refractivity (Wildman–Crippen MR) is 94.1 cm³/mol. The number of hydrogen-bond donors (Lipinski definition) is 0. The lowest BCUT2D eigenvalue weighted by Gasteiger charge is -2.40. The molecule has 23 heavy (non-hydrogen) atoms. The van der Waals surface area contributed by atoms with Crippen LogP contribution in [0.5, 0.6) is 0 Å². The molecule has 5 nitrogen and oxygen atoms in total. The molecule has 1 saturated carbocycles. The molecule has 1 aliphatic carbocycles. The van der Waals surface area contributed by atoms with Crippen LogP contribution in [0.3, 0.4) is 0 Å². The third-order valence-corrected chi connectivity index (χ3v) is 8.45. The summed E-state index contributed by atoms with van der Waals surface area (Å²) in [6.45, 7) is 5.49. The molecule has 2 aliphatic heterocycles. The molecule has 6 heteroatoms. The summed E-state index contributed by atoms with van der Waals surface area (Å²) in [6, 6.07) is 0.658. The molecular weight excluding hydrogens is 310 g/mol. The largest absolute Gasteiger partial charge is 0.302 e. The fraction of sp³-hybridized carbons (Fsp3) is 1.00. The normalized spacial score (nSPS) is 30.6. The Kier molecular flexibility index (Phi) is 5.99. The Morgan fingerprint density at radius 3 is 2.13 bits per heavy atom. The lowest BCUT2D eigenvalue weighted by atomic mass is 10.0. The van der Waals surface area contributed by atoms with Crippen LogP contribution < -0.4 is 0 Å². The lowest BCUT2D eigenvalue weighted by molar-refractivity contribution is 0.106. The molecule has 0 N–H and O–H groups in total. The van der Waals surface area contributed by atoms with Crippen LogP contribution in [0.2, 0.25) is 0 Å². The van der Waals surface area contributed by atoms with Gasteiger partial charge in [-0.25, -0.2) is 8.42 Å². The summed E-state index contributed by atoms with van der Waals surface area (Å²) in [4.78, 5) is 4.95. The van der Waals surface area contributed by atoms with Crippen LogP contribution in [0.25, 0.3) is 0 Å². The van der Waals surface area contributed by atoms with Gasteiger partial charge in [-0.3, -0.25) is 4.90 Å². The van der Waals surface area contributed by atoms with Crippen LogP contribution in [0.1, 0.15) is 51.4 Å². The fourth-order valence-corrected chi connectivity index (χ4v) is 6.44. The van der Waals surface area contributed by atoms with Gasteiger partial charge in [0.15, 0.2) is 0 Å². The van der Waals surface area contributed by atoms with Gasteiger partial charge in [0.25, 0.3) is 0 Å². The van der Waals surface area contributed by atoms with E-state index >= 15 is 0 Å². The Morgan fingerprint density at radius 2 is 1.48 bits per heavy atom. The Labute approximate surface area is 142 Å². The fourth-order valence-electron chi connectivity index (χ4n) is 4.41. The smallest absolute Gasteiger partial charge is 0.217 e. The van der Waals surface area contributed by atoms with E-state index in [1.165, 1.54) is 32.2 Å². The monoisotopic (exact) mass is 343 g/mol. The van der Waals surface area contributed by atoms with Crippen molar-refractivity contribution in [2.75, 3.05) is 46.3 Å². The molecule has 2 heterocycles. The zero-order valence-corrected chi connectivity index (χ0v) is 15.4. The molecule has 0 aromatic rings. The summed E-state index contributed by atoms with van der Waals surface area (Å²) < 4.78 is 27.4. The molecule has 0 radical (unpaired) electrons. The third-order valence-electron chi connectivity index (χ3n) is 6.06. The van der Waals surface area contributed by atoms with E-state index in [-0.39, 0.29) is 5.25 Å².